The lowest BCUT2D eigenvalue weighted by atomic mass is 10.2. The molecule has 2 aliphatic rings. The number of rotatable bonds is 3. The van der Waals surface area contributed by atoms with E-state index in [1.54, 1.807) is 0 Å². The van der Waals surface area contributed by atoms with Crippen molar-refractivity contribution in [3.8, 4) is 0 Å². The maximum Gasteiger partial charge on any atom is 0.410 e. The number of ether oxygens (including phenoxy) is 1. The molecule has 0 radical (unpaired) electrons. The van der Waals surface area contributed by atoms with E-state index in [-0.39, 0.29) is 6.09 Å². The van der Waals surface area contributed by atoms with Crippen molar-refractivity contribution in [2.75, 3.05) is 13.1 Å². The Hall–Kier alpha value is -1.56. The van der Waals surface area contributed by atoms with Crippen molar-refractivity contribution < 1.29 is 9.53 Å². The van der Waals surface area contributed by atoms with Crippen molar-refractivity contribution >= 4 is 6.09 Å². The lowest BCUT2D eigenvalue weighted by Gasteiger charge is -2.26. The van der Waals surface area contributed by atoms with Crippen LogP contribution in [-0.2, 0) is 18.3 Å². The summed E-state index contributed by atoms with van der Waals surface area (Å²) >= 11 is 0. The van der Waals surface area contributed by atoms with E-state index in [9.17, 15) is 4.79 Å². The third-order valence-corrected chi connectivity index (χ3v) is 5.02. The second-order valence-corrected chi connectivity index (χ2v) is 7.89. The van der Waals surface area contributed by atoms with Crippen LogP contribution in [0, 0.1) is 25.7 Å². The zero-order valence-electron chi connectivity index (χ0n) is 15.0. The quantitative estimate of drug-likeness (QED) is 0.925. The van der Waals surface area contributed by atoms with E-state index in [4.69, 9.17) is 4.74 Å². The van der Waals surface area contributed by atoms with Crippen LogP contribution in [0.4, 0.5) is 4.79 Å². The molecule has 2 heterocycles. The van der Waals surface area contributed by atoms with Gasteiger partial charge in [-0.15, -0.1) is 0 Å². The number of aromatic nitrogens is 2. The molecule has 2 atom stereocenters. The third kappa shape index (κ3) is 3.22. The maximum absolute atomic E-state index is 12.1. The Morgan fingerprint density at radius 1 is 1.30 bits per heavy atom. The minimum Gasteiger partial charge on any atom is -0.444 e. The van der Waals surface area contributed by atoms with E-state index >= 15 is 0 Å². The monoisotopic (exact) mass is 320 g/mol. The number of likely N-dealkylation sites (tertiary alicyclic amines) is 1. The Morgan fingerprint density at radius 2 is 1.91 bits per heavy atom. The molecule has 0 spiro atoms. The molecule has 1 aromatic heterocycles. The molecule has 1 amide bonds. The van der Waals surface area contributed by atoms with Crippen LogP contribution in [0.5, 0.6) is 0 Å². The lowest BCUT2D eigenvalue weighted by Crippen LogP contribution is -2.39. The van der Waals surface area contributed by atoms with E-state index < -0.39 is 5.60 Å². The Labute approximate surface area is 138 Å². The smallest absolute Gasteiger partial charge is 0.410 e. The van der Waals surface area contributed by atoms with Crippen molar-refractivity contribution in [3.05, 3.63) is 17.0 Å². The highest BCUT2D eigenvalue weighted by Crippen LogP contribution is 2.46. The van der Waals surface area contributed by atoms with Gasteiger partial charge in [0.05, 0.1) is 5.69 Å². The van der Waals surface area contributed by atoms with Crippen molar-refractivity contribution in [2.45, 2.75) is 52.8 Å². The third-order valence-electron chi connectivity index (χ3n) is 5.02. The summed E-state index contributed by atoms with van der Waals surface area (Å²) in [7, 11) is 1.98. The number of hydrogen-bond acceptors (Lipinski definition) is 4. The molecule has 0 bridgehead atoms. The largest absolute Gasteiger partial charge is 0.444 e. The average molecular weight is 320 g/mol. The van der Waals surface area contributed by atoms with Crippen molar-refractivity contribution in [1.82, 2.24) is 20.0 Å². The fraction of sp³-hybridized carbons (Fsp3) is 0.765. The van der Waals surface area contributed by atoms with E-state index in [2.05, 4.69) is 24.3 Å². The van der Waals surface area contributed by atoms with Gasteiger partial charge in [-0.1, -0.05) is 0 Å². The van der Waals surface area contributed by atoms with Gasteiger partial charge in [-0.2, -0.15) is 5.10 Å². The topological polar surface area (TPSA) is 59.4 Å². The number of nitrogens with one attached hydrogen (secondary N) is 1. The van der Waals surface area contributed by atoms with Crippen LogP contribution < -0.4 is 5.32 Å². The summed E-state index contributed by atoms with van der Waals surface area (Å²) < 4.78 is 7.38. The minimum atomic E-state index is -0.420. The number of carbonyl (C=O) groups excluding carboxylic acids is 1. The molecule has 23 heavy (non-hydrogen) atoms. The average Bonchev–Trinajstić information content (AvgIpc) is 2.77. The summed E-state index contributed by atoms with van der Waals surface area (Å²) in [6.45, 7) is 12.4. The SMILES string of the molecule is Cc1nn(C)c(C)c1CNC1C2CN(C(=O)OC(C)(C)C)CC21. The van der Waals surface area contributed by atoms with Gasteiger partial charge in [0.1, 0.15) is 5.60 Å². The number of aryl methyl sites for hydroxylation is 2. The van der Waals surface area contributed by atoms with Gasteiger partial charge in [0.15, 0.2) is 0 Å². The van der Waals surface area contributed by atoms with E-state index in [1.807, 2.05) is 37.4 Å². The highest BCUT2D eigenvalue weighted by molar-refractivity contribution is 5.69. The first-order chi connectivity index (χ1) is 10.7. The Morgan fingerprint density at radius 3 is 2.39 bits per heavy atom. The fourth-order valence-electron chi connectivity index (χ4n) is 3.60. The van der Waals surface area contributed by atoms with E-state index in [0.29, 0.717) is 17.9 Å². The number of amides is 1. The number of nitrogens with zero attached hydrogens (tertiary/aromatic N) is 3. The van der Waals surface area contributed by atoms with E-state index in [0.717, 1.165) is 25.3 Å². The molecular weight excluding hydrogens is 292 g/mol. The standard InChI is InChI=1S/C17H28N4O2/c1-10-12(11(2)20(6)19-10)7-18-15-13-8-21(9-14(13)15)16(22)23-17(3,4)5/h13-15,18H,7-9H2,1-6H3. The molecule has 1 aliphatic heterocycles. The molecule has 128 valence electrons. The highest BCUT2D eigenvalue weighted by atomic mass is 16.6. The highest BCUT2D eigenvalue weighted by Gasteiger charge is 2.56. The van der Waals surface area contributed by atoms with Crippen LogP contribution in [0.2, 0.25) is 0 Å². The molecule has 1 N–H and O–H groups in total. The van der Waals surface area contributed by atoms with Crippen LogP contribution in [0.1, 0.15) is 37.7 Å². The van der Waals surface area contributed by atoms with Gasteiger partial charge < -0.3 is 15.0 Å². The second-order valence-electron chi connectivity index (χ2n) is 7.89. The zero-order valence-corrected chi connectivity index (χ0v) is 15.0. The molecule has 0 aromatic carbocycles. The van der Waals surface area contributed by atoms with Crippen LogP contribution in [-0.4, -0.2) is 45.5 Å². The first-order valence-electron chi connectivity index (χ1n) is 8.38. The Kier molecular flexibility index (Phi) is 3.91. The van der Waals surface area contributed by atoms with Crippen LogP contribution in [0.15, 0.2) is 0 Å². The Balaban J connectivity index is 1.48. The molecule has 6 heteroatoms. The summed E-state index contributed by atoms with van der Waals surface area (Å²) in [6, 6.07) is 0.521. The van der Waals surface area contributed by atoms with Gasteiger partial charge in [-0.05, 0) is 46.5 Å². The molecule has 2 fully saturated rings. The summed E-state index contributed by atoms with van der Waals surface area (Å²) in [5, 5.41) is 8.10. The van der Waals surface area contributed by atoms with Gasteiger partial charge in [-0.3, -0.25) is 4.68 Å². The second kappa shape index (κ2) is 5.51. The molecule has 6 nitrogen and oxygen atoms in total. The molecule has 1 saturated carbocycles. The first kappa shape index (κ1) is 16.3. The van der Waals surface area contributed by atoms with Crippen LogP contribution in [0.25, 0.3) is 0 Å². The van der Waals surface area contributed by atoms with Gasteiger partial charge in [0.25, 0.3) is 0 Å². The minimum absolute atomic E-state index is 0.178. The van der Waals surface area contributed by atoms with Gasteiger partial charge in [0.2, 0.25) is 0 Å². The number of fused-ring (bicyclic) bond motifs is 1. The summed E-state index contributed by atoms with van der Waals surface area (Å²) in [4.78, 5) is 13.9. The molecule has 2 unspecified atom stereocenters. The molecule has 1 saturated heterocycles. The molecule has 1 aliphatic carbocycles. The van der Waals surface area contributed by atoms with Crippen molar-refractivity contribution in [1.29, 1.82) is 0 Å². The van der Waals surface area contributed by atoms with Crippen molar-refractivity contribution in [3.63, 3.8) is 0 Å². The normalized spacial score (nSPS) is 26.3. The van der Waals surface area contributed by atoms with Crippen molar-refractivity contribution in [2.24, 2.45) is 18.9 Å². The maximum atomic E-state index is 12.1. The number of hydrogen-bond donors (Lipinski definition) is 1. The Bertz CT molecular complexity index is 605. The number of piperidine rings is 1. The summed E-state index contributed by atoms with van der Waals surface area (Å²) in [5.74, 6) is 1.14. The lowest BCUT2D eigenvalue weighted by molar-refractivity contribution is 0.0269. The van der Waals surface area contributed by atoms with Gasteiger partial charge in [-0.25, -0.2) is 4.79 Å². The molecule has 3 rings (SSSR count). The van der Waals surface area contributed by atoms with Crippen LogP contribution >= 0.6 is 0 Å². The van der Waals surface area contributed by atoms with Gasteiger partial charge >= 0.3 is 6.09 Å². The predicted octanol–water partition coefficient (Wildman–Crippen LogP) is 1.99. The zero-order chi connectivity index (χ0) is 16.9. The first-order valence-corrected chi connectivity index (χ1v) is 8.38. The molecular formula is C17H28N4O2. The molecule has 1 aromatic rings. The number of carbonyl (C=O) groups is 1. The summed E-state index contributed by atoms with van der Waals surface area (Å²) in [5.41, 5.74) is 3.19. The van der Waals surface area contributed by atoms with Crippen LogP contribution in [0.3, 0.4) is 0 Å². The summed E-state index contributed by atoms with van der Waals surface area (Å²) in [6.07, 6.45) is -0.178. The fourth-order valence-corrected chi connectivity index (χ4v) is 3.60. The van der Waals surface area contributed by atoms with Gasteiger partial charge in [0, 0.05) is 44.0 Å². The predicted molar refractivity (Wildman–Crippen MR) is 88.1 cm³/mol. The van der Waals surface area contributed by atoms with E-state index in [1.165, 1.54) is 11.3 Å².